The van der Waals surface area contributed by atoms with Crippen LogP contribution in [0.1, 0.15) is 83.1 Å². The molecule has 0 radical (unpaired) electrons. The van der Waals surface area contributed by atoms with Gasteiger partial charge in [0.25, 0.3) is 5.69 Å². The molecule has 0 aliphatic heterocycles. The van der Waals surface area contributed by atoms with Crippen LogP contribution in [0.2, 0.25) is 0 Å². The third-order valence-electron chi connectivity index (χ3n) is 7.45. The Morgan fingerprint density at radius 2 is 1.57 bits per heavy atom. The van der Waals surface area contributed by atoms with Gasteiger partial charge in [-0.25, -0.2) is 0 Å². The number of aliphatic hydroxyl groups is 1. The second-order valence-electron chi connectivity index (χ2n) is 9.89. The molecular formula is C27H42N4O6. The summed E-state index contributed by atoms with van der Waals surface area (Å²) in [5.41, 5.74) is 6.42. The molecule has 0 saturated heterocycles. The van der Waals surface area contributed by atoms with Crippen molar-refractivity contribution in [1.82, 2.24) is 10.2 Å². The van der Waals surface area contributed by atoms with E-state index in [1.807, 2.05) is 0 Å². The lowest BCUT2D eigenvalue weighted by Crippen LogP contribution is -2.61. The van der Waals surface area contributed by atoms with Crippen LogP contribution in [0.4, 0.5) is 5.69 Å². The van der Waals surface area contributed by atoms with Crippen molar-refractivity contribution in [2.24, 2.45) is 11.7 Å². The van der Waals surface area contributed by atoms with E-state index in [-0.39, 0.29) is 42.3 Å². The molecule has 2 aliphatic carbocycles. The summed E-state index contributed by atoms with van der Waals surface area (Å²) in [6.07, 6.45) is 10.1. The lowest BCUT2D eigenvalue weighted by atomic mass is 9.81. The van der Waals surface area contributed by atoms with Crippen LogP contribution >= 0.6 is 0 Å². The van der Waals surface area contributed by atoms with Crippen LogP contribution < -0.4 is 11.1 Å². The number of hydrogen-bond acceptors (Lipinski definition) is 6. The minimum Gasteiger partial charge on any atom is -0.400 e. The van der Waals surface area contributed by atoms with Crippen molar-refractivity contribution in [3.63, 3.8) is 0 Å². The van der Waals surface area contributed by atoms with Crippen LogP contribution in [0.5, 0.6) is 0 Å². The maximum absolute atomic E-state index is 13.7. The fraction of sp³-hybridized carbons (Fsp3) is 0.667. The summed E-state index contributed by atoms with van der Waals surface area (Å²) in [4.78, 5) is 51.8. The number of carbonyl (C=O) groups is 3. The quantitative estimate of drug-likeness (QED) is 0.319. The van der Waals surface area contributed by atoms with Gasteiger partial charge in [0.05, 0.1) is 4.92 Å². The molecule has 2 atom stereocenters. The van der Waals surface area contributed by atoms with Gasteiger partial charge in [0, 0.05) is 38.1 Å². The Balaban J connectivity index is 0.00000235. The fourth-order valence-electron chi connectivity index (χ4n) is 5.57. The van der Waals surface area contributed by atoms with Crippen molar-refractivity contribution in [3.8, 4) is 0 Å². The number of nitro groups is 1. The topological polar surface area (TPSA) is 156 Å². The Morgan fingerprint density at radius 1 is 1.03 bits per heavy atom. The molecule has 10 nitrogen and oxygen atoms in total. The molecule has 0 aromatic heterocycles. The number of non-ortho nitro benzene ring substituents is 1. The highest BCUT2D eigenvalue weighted by atomic mass is 16.6. The monoisotopic (exact) mass is 518 g/mol. The predicted octanol–water partition coefficient (Wildman–Crippen LogP) is 3.24. The second kappa shape index (κ2) is 15.3. The van der Waals surface area contributed by atoms with Gasteiger partial charge in [-0.1, -0.05) is 57.6 Å². The second-order valence-corrected chi connectivity index (χ2v) is 9.89. The van der Waals surface area contributed by atoms with E-state index in [4.69, 9.17) is 10.8 Å². The average Bonchev–Trinajstić information content (AvgIpc) is 2.92. The number of nitrogens with one attached hydrogen (secondary N) is 1. The average molecular weight is 519 g/mol. The molecule has 2 aliphatic rings. The maximum Gasteiger partial charge on any atom is 0.269 e. The molecule has 2 fully saturated rings. The summed E-state index contributed by atoms with van der Waals surface area (Å²) >= 11 is 0. The molecule has 10 heteroatoms. The Labute approximate surface area is 219 Å². The Kier molecular flexibility index (Phi) is 12.5. The summed E-state index contributed by atoms with van der Waals surface area (Å²) in [6.45, 7) is 1.72. The number of amides is 3. The number of primary amides is 1. The summed E-state index contributed by atoms with van der Waals surface area (Å²) in [7, 11) is 1.00. The molecule has 0 bridgehead atoms. The van der Waals surface area contributed by atoms with E-state index in [0.29, 0.717) is 5.56 Å². The largest absolute Gasteiger partial charge is 0.400 e. The number of nitro benzene ring substituents is 1. The van der Waals surface area contributed by atoms with Crippen molar-refractivity contribution < 1.29 is 24.4 Å². The SMILES string of the molecule is CCC(=O)N([C@@H](Cc1ccc([N+](=O)[O-])cc1)C(N)=O)[C@@H](C(=O)NC1CCCCC1)C1CCCCC1.CO. The van der Waals surface area contributed by atoms with Crippen molar-refractivity contribution in [2.45, 2.75) is 102 Å². The summed E-state index contributed by atoms with van der Waals surface area (Å²) in [6, 6.07) is 4.18. The fourth-order valence-corrected chi connectivity index (χ4v) is 5.57. The number of rotatable bonds is 10. The first-order chi connectivity index (χ1) is 17.8. The number of benzene rings is 1. The molecule has 1 aromatic carbocycles. The van der Waals surface area contributed by atoms with Crippen LogP contribution in [0.3, 0.4) is 0 Å². The Hall–Kier alpha value is -3.01. The van der Waals surface area contributed by atoms with Gasteiger partial charge in [-0.15, -0.1) is 0 Å². The number of nitrogens with zero attached hydrogens (tertiary/aromatic N) is 2. The molecule has 0 spiro atoms. The van der Waals surface area contributed by atoms with Gasteiger partial charge in [0.15, 0.2) is 0 Å². The zero-order chi connectivity index (χ0) is 27.4. The molecule has 3 rings (SSSR count). The zero-order valence-corrected chi connectivity index (χ0v) is 22.1. The van der Waals surface area contributed by atoms with Gasteiger partial charge in [-0.3, -0.25) is 24.5 Å². The molecule has 0 heterocycles. The number of nitrogens with two attached hydrogens (primary N) is 1. The van der Waals surface area contributed by atoms with Crippen LogP contribution in [0.15, 0.2) is 24.3 Å². The van der Waals surface area contributed by atoms with Crippen LogP contribution in [-0.4, -0.2) is 57.9 Å². The third-order valence-corrected chi connectivity index (χ3v) is 7.45. The van der Waals surface area contributed by atoms with Gasteiger partial charge < -0.3 is 21.1 Å². The Morgan fingerprint density at radius 3 is 2.05 bits per heavy atom. The van der Waals surface area contributed by atoms with E-state index in [2.05, 4.69) is 5.32 Å². The highest BCUT2D eigenvalue weighted by molar-refractivity contribution is 5.92. The molecule has 1 aromatic rings. The molecule has 3 amide bonds. The van der Waals surface area contributed by atoms with E-state index < -0.39 is 22.9 Å². The lowest BCUT2D eigenvalue weighted by Gasteiger charge is -2.42. The molecule has 4 N–H and O–H groups in total. The number of carbonyl (C=O) groups excluding carboxylic acids is 3. The van der Waals surface area contributed by atoms with E-state index in [0.717, 1.165) is 71.3 Å². The highest BCUT2D eigenvalue weighted by Gasteiger charge is 2.42. The predicted molar refractivity (Wildman–Crippen MR) is 140 cm³/mol. The summed E-state index contributed by atoms with van der Waals surface area (Å²) in [5.74, 6) is -1.20. The molecule has 206 valence electrons. The molecule has 37 heavy (non-hydrogen) atoms. The van der Waals surface area contributed by atoms with Gasteiger partial charge >= 0.3 is 0 Å². The third kappa shape index (κ3) is 8.52. The van der Waals surface area contributed by atoms with Crippen molar-refractivity contribution in [2.75, 3.05) is 7.11 Å². The van der Waals surface area contributed by atoms with Crippen LogP contribution in [0, 0.1) is 16.0 Å². The zero-order valence-electron chi connectivity index (χ0n) is 22.1. The Bertz CT molecular complexity index is 895. The normalized spacial score (nSPS) is 18.0. The first-order valence-electron chi connectivity index (χ1n) is 13.4. The van der Waals surface area contributed by atoms with Crippen molar-refractivity contribution in [1.29, 1.82) is 0 Å². The van der Waals surface area contributed by atoms with E-state index in [1.54, 1.807) is 19.1 Å². The molecule has 2 saturated carbocycles. The number of hydrogen-bond donors (Lipinski definition) is 3. The first kappa shape index (κ1) is 30.2. The van der Waals surface area contributed by atoms with E-state index >= 15 is 0 Å². The van der Waals surface area contributed by atoms with Gasteiger partial charge in [-0.05, 0) is 37.2 Å². The maximum atomic E-state index is 13.7. The van der Waals surface area contributed by atoms with E-state index in [1.165, 1.54) is 17.0 Å². The van der Waals surface area contributed by atoms with Crippen LogP contribution in [0.25, 0.3) is 0 Å². The van der Waals surface area contributed by atoms with Gasteiger partial charge in [0.2, 0.25) is 17.7 Å². The van der Waals surface area contributed by atoms with Gasteiger partial charge in [0.1, 0.15) is 12.1 Å². The molecule has 0 unspecified atom stereocenters. The van der Waals surface area contributed by atoms with Crippen molar-refractivity contribution >= 4 is 23.4 Å². The van der Waals surface area contributed by atoms with Gasteiger partial charge in [-0.2, -0.15) is 0 Å². The van der Waals surface area contributed by atoms with Crippen molar-refractivity contribution in [3.05, 3.63) is 39.9 Å². The molecular weight excluding hydrogens is 476 g/mol. The standard InChI is InChI=1S/C26H38N4O5.CH4O/c1-2-23(31)29(22(25(27)32)17-18-13-15-21(16-14-18)30(34)35)24(19-9-5-3-6-10-19)26(33)28-20-11-7-4-8-12-20;1-2/h13-16,19-20,22,24H,2-12,17H2,1H3,(H2,27,32)(H,28,33);2H,1H3/t22-,24+;/m0./s1. The van der Waals surface area contributed by atoms with E-state index in [9.17, 15) is 24.5 Å². The first-order valence-corrected chi connectivity index (χ1v) is 13.4. The number of aliphatic hydroxyl groups excluding tert-OH is 1. The minimum atomic E-state index is -1.02. The highest BCUT2D eigenvalue weighted by Crippen LogP contribution is 2.32. The minimum absolute atomic E-state index is 0.0402. The lowest BCUT2D eigenvalue weighted by molar-refractivity contribution is -0.384. The smallest absolute Gasteiger partial charge is 0.269 e. The summed E-state index contributed by atoms with van der Waals surface area (Å²) in [5, 5.41) is 21.2. The summed E-state index contributed by atoms with van der Waals surface area (Å²) < 4.78 is 0. The van der Waals surface area contributed by atoms with Crippen LogP contribution in [-0.2, 0) is 20.8 Å².